The summed E-state index contributed by atoms with van der Waals surface area (Å²) in [5.41, 5.74) is -3.93. The molecular weight excluding hydrogens is 408 g/mol. The first-order chi connectivity index (χ1) is 14.1. The van der Waals surface area contributed by atoms with Gasteiger partial charge in [-0.05, 0) is 54.0 Å². The summed E-state index contributed by atoms with van der Waals surface area (Å²) in [6, 6.07) is 5.22. The molecule has 0 saturated carbocycles. The molecule has 0 saturated heterocycles. The number of benzene rings is 1. The van der Waals surface area contributed by atoms with Crippen molar-refractivity contribution in [2.45, 2.75) is 71.6 Å². The second-order valence-corrected chi connectivity index (χ2v) is 8.85. The maximum absolute atomic E-state index is 13.2. The van der Waals surface area contributed by atoms with Crippen LogP contribution in [0.5, 0.6) is 0 Å². The highest BCUT2D eigenvalue weighted by Gasteiger charge is 2.52. The molecule has 0 spiro atoms. The largest absolute Gasteiger partial charge is 0.464 e. The first-order valence-corrected chi connectivity index (χ1v) is 9.75. The number of hydrogen-bond acceptors (Lipinski definition) is 8. The molecule has 0 aromatic heterocycles. The quantitative estimate of drug-likeness (QED) is 0.225. The maximum atomic E-state index is 13.2. The van der Waals surface area contributed by atoms with Crippen LogP contribution in [0.1, 0.15) is 54.0 Å². The van der Waals surface area contributed by atoms with Gasteiger partial charge >= 0.3 is 18.0 Å². The minimum Gasteiger partial charge on any atom is -0.464 e. The van der Waals surface area contributed by atoms with Gasteiger partial charge in [-0.25, -0.2) is 14.4 Å². The number of rotatable bonds is 7. The Hall–Kier alpha value is -3.17. The minimum absolute atomic E-state index is 0.0559. The summed E-state index contributed by atoms with van der Waals surface area (Å²) >= 11 is 0. The Morgan fingerprint density at radius 3 is 1.87 bits per heavy atom. The Bertz CT molecular complexity index is 821. The van der Waals surface area contributed by atoms with Crippen molar-refractivity contribution in [3.05, 3.63) is 39.9 Å². The summed E-state index contributed by atoms with van der Waals surface area (Å²) < 4.78 is 15.7. The first kappa shape index (κ1) is 25.9. The number of nitro benzene ring substituents is 1. The molecule has 0 bridgehead atoms. The fraction of sp³-hybridized carbons (Fsp3) is 0.571. The molecule has 0 aliphatic carbocycles. The third-order valence-corrected chi connectivity index (χ3v) is 3.70. The normalized spacial score (nSPS) is 13.5. The smallest absolute Gasteiger partial charge is 0.409 e. The fourth-order valence-corrected chi connectivity index (χ4v) is 2.51. The number of amides is 1. The minimum atomic E-state index is -2.26. The molecule has 1 atom stereocenters. The van der Waals surface area contributed by atoms with Gasteiger partial charge in [0.1, 0.15) is 11.2 Å². The molecule has 1 aromatic carbocycles. The van der Waals surface area contributed by atoms with Gasteiger partial charge in [-0.1, -0.05) is 12.1 Å². The van der Waals surface area contributed by atoms with E-state index in [1.807, 2.05) is 0 Å². The SMILES string of the molecule is CCOC(=O)C(Cc1ccc([N+](=O)[O-])cc1)(NC(=O)OC(C)(C)C)C(=O)OC(C)(C)C. The van der Waals surface area contributed by atoms with Crippen molar-refractivity contribution in [3.8, 4) is 0 Å². The first-order valence-electron chi connectivity index (χ1n) is 9.75. The van der Waals surface area contributed by atoms with Crippen LogP contribution in [-0.4, -0.2) is 46.3 Å². The Morgan fingerprint density at radius 2 is 1.45 bits per heavy atom. The highest BCUT2D eigenvalue weighted by atomic mass is 16.6. The molecule has 0 heterocycles. The van der Waals surface area contributed by atoms with E-state index in [4.69, 9.17) is 14.2 Å². The molecule has 0 radical (unpaired) electrons. The predicted octanol–water partition coefficient (Wildman–Crippen LogP) is 3.31. The van der Waals surface area contributed by atoms with Crippen LogP contribution in [0.15, 0.2) is 24.3 Å². The second-order valence-electron chi connectivity index (χ2n) is 8.85. The van der Waals surface area contributed by atoms with Gasteiger partial charge in [0.15, 0.2) is 0 Å². The molecule has 10 heteroatoms. The van der Waals surface area contributed by atoms with E-state index in [-0.39, 0.29) is 18.7 Å². The number of alkyl carbamates (subject to hydrolysis) is 1. The number of ether oxygens (including phenoxy) is 3. The van der Waals surface area contributed by atoms with Gasteiger partial charge in [0.05, 0.1) is 11.5 Å². The highest BCUT2D eigenvalue weighted by molar-refractivity contribution is 6.07. The monoisotopic (exact) mass is 438 g/mol. The molecule has 1 rings (SSSR count). The zero-order valence-corrected chi connectivity index (χ0v) is 18.9. The van der Waals surface area contributed by atoms with Crippen LogP contribution in [0.4, 0.5) is 10.5 Å². The van der Waals surface area contributed by atoms with Crippen LogP contribution in [0.3, 0.4) is 0 Å². The van der Waals surface area contributed by atoms with Crippen LogP contribution in [0, 0.1) is 10.1 Å². The molecule has 1 N–H and O–H groups in total. The third kappa shape index (κ3) is 7.88. The number of carbonyl (C=O) groups excluding carboxylic acids is 3. The summed E-state index contributed by atoms with van der Waals surface area (Å²) in [7, 11) is 0. The Labute approximate surface area is 181 Å². The summed E-state index contributed by atoms with van der Waals surface area (Å²) in [6.45, 7) is 11.2. The lowest BCUT2D eigenvalue weighted by molar-refractivity contribution is -0.384. The molecule has 172 valence electrons. The van der Waals surface area contributed by atoms with E-state index >= 15 is 0 Å². The van der Waals surface area contributed by atoms with Crippen LogP contribution in [0.25, 0.3) is 0 Å². The standard InChI is InChI=1S/C21H30N2O8/c1-8-29-16(24)21(17(25)30-19(2,3)4,22-18(26)31-20(5,6)7)13-14-9-11-15(12-10-14)23(27)28/h9-12H,8,13H2,1-7H3,(H,22,26). The number of carbonyl (C=O) groups is 3. The van der Waals surface area contributed by atoms with Crippen LogP contribution in [0.2, 0.25) is 0 Å². The number of nitro groups is 1. The van der Waals surface area contributed by atoms with Crippen molar-refractivity contribution in [1.82, 2.24) is 5.32 Å². The Morgan fingerprint density at radius 1 is 0.935 bits per heavy atom. The molecule has 0 fully saturated rings. The lowest BCUT2D eigenvalue weighted by Gasteiger charge is -2.33. The average molecular weight is 438 g/mol. The zero-order chi connectivity index (χ0) is 24.0. The lowest BCUT2D eigenvalue weighted by atomic mass is 9.90. The number of esters is 2. The molecule has 1 amide bonds. The highest BCUT2D eigenvalue weighted by Crippen LogP contribution is 2.24. The van der Waals surface area contributed by atoms with Crippen molar-refractivity contribution >= 4 is 23.7 Å². The van der Waals surface area contributed by atoms with Gasteiger partial charge in [0, 0.05) is 18.6 Å². The van der Waals surface area contributed by atoms with Crippen molar-refractivity contribution in [2.75, 3.05) is 6.61 Å². The van der Waals surface area contributed by atoms with E-state index in [0.717, 1.165) is 0 Å². The van der Waals surface area contributed by atoms with E-state index in [1.165, 1.54) is 24.3 Å². The van der Waals surface area contributed by atoms with E-state index in [2.05, 4.69) is 5.32 Å². The number of nitrogens with one attached hydrogen (secondary N) is 1. The lowest BCUT2D eigenvalue weighted by Crippen LogP contribution is -2.64. The van der Waals surface area contributed by atoms with Gasteiger partial charge in [-0.15, -0.1) is 0 Å². The number of nitrogens with zero attached hydrogens (tertiary/aromatic N) is 1. The Balaban J connectivity index is 3.48. The summed E-state index contributed by atoms with van der Waals surface area (Å²) in [5, 5.41) is 13.3. The second kappa shape index (κ2) is 9.76. The summed E-state index contributed by atoms with van der Waals surface area (Å²) in [5.74, 6) is -2.07. The molecule has 10 nitrogen and oxygen atoms in total. The van der Waals surface area contributed by atoms with Crippen molar-refractivity contribution in [2.24, 2.45) is 0 Å². The molecule has 0 aliphatic rings. The van der Waals surface area contributed by atoms with Crippen molar-refractivity contribution in [3.63, 3.8) is 0 Å². The van der Waals surface area contributed by atoms with E-state index in [1.54, 1.807) is 48.5 Å². The van der Waals surface area contributed by atoms with Crippen molar-refractivity contribution in [1.29, 1.82) is 0 Å². The van der Waals surface area contributed by atoms with Crippen LogP contribution in [-0.2, 0) is 30.2 Å². The summed E-state index contributed by atoms with van der Waals surface area (Å²) in [4.78, 5) is 49.0. The molecule has 31 heavy (non-hydrogen) atoms. The van der Waals surface area contributed by atoms with E-state index in [9.17, 15) is 24.5 Å². The fourth-order valence-electron chi connectivity index (χ4n) is 2.51. The molecule has 1 unspecified atom stereocenters. The van der Waals surface area contributed by atoms with Gasteiger partial charge < -0.3 is 14.2 Å². The summed E-state index contributed by atoms with van der Waals surface area (Å²) in [6.07, 6.45) is -1.38. The molecule has 1 aromatic rings. The Kier molecular flexibility index (Phi) is 8.14. The molecular formula is C21H30N2O8. The van der Waals surface area contributed by atoms with Gasteiger partial charge in [0.25, 0.3) is 5.69 Å². The third-order valence-electron chi connectivity index (χ3n) is 3.70. The number of hydrogen-bond donors (Lipinski definition) is 1. The van der Waals surface area contributed by atoms with Crippen LogP contribution < -0.4 is 5.32 Å². The van der Waals surface area contributed by atoms with E-state index in [0.29, 0.717) is 5.56 Å². The van der Waals surface area contributed by atoms with Gasteiger partial charge in [-0.2, -0.15) is 0 Å². The average Bonchev–Trinajstić information content (AvgIpc) is 2.58. The van der Waals surface area contributed by atoms with Crippen molar-refractivity contribution < 1.29 is 33.5 Å². The zero-order valence-electron chi connectivity index (χ0n) is 18.9. The predicted molar refractivity (Wildman–Crippen MR) is 111 cm³/mol. The topological polar surface area (TPSA) is 134 Å². The molecule has 0 aliphatic heterocycles. The maximum Gasteiger partial charge on any atom is 0.409 e. The van der Waals surface area contributed by atoms with Gasteiger partial charge in [-0.3, -0.25) is 15.4 Å². The van der Waals surface area contributed by atoms with Gasteiger partial charge in [0.2, 0.25) is 5.54 Å². The number of non-ortho nitro benzene ring substituents is 1. The van der Waals surface area contributed by atoms with Crippen LogP contribution >= 0.6 is 0 Å². The van der Waals surface area contributed by atoms with E-state index < -0.39 is 39.7 Å².